The van der Waals surface area contributed by atoms with Gasteiger partial charge in [0.05, 0.1) is 12.8 Å². The second kappa shape index (κ2) is 12.2. The summed E-state index contributed by atoms with van der Waals surface area (Å²) in [5, 5.41) is 22.1. The van der Waals surface area contributed by atoms with Crippen LogP contribution < -0.4 is 10.2 Å². The Labute approximate surface area is 198 Å². The van der Waals surface area contributed by atoms with Crippen molar-refractivity contribution < 1.29 is 14.7 Å². The van der Waals surface area contributed by atoms with Crippen LogP contribution in [-0.4, -0.2) is 39.8 Å². The summed E-state index contributed by atoms with van der Waals surface area (Å²) in [5.41, 5.74) is 2.98. The number of hydrogen-bond acceptors (Lipinski definition) is 6. The number of rotatable bonds is 12. The Morgan fingerprint density at radius 3 is 2.45 bits per heavy atom. The van der Waals surface area contributed by atoms with Crippen LogP contribution in [-0.2, 0) is 22.6 Å². The largest absolute Gasteiger partial charge is 0.481 e. The van der Waals surface area contributed by atoms with E-state index in [9.17, 15) is 9.59 Å². The molecule has 174 valence electrons. The normalized spacial score (nSPS) is 11.8. The molecule has 1 amide bonds. The second-order valence-corrected chi connectivity index (χ2v) is 8.98. The van der Waals surface area contributed by atoms with Gasteiger partial charge >= 0.3 is 5.97 Å². The summed E-state index contributed by atoms with van der Waals surface area (Å²) in [5.74, 6) is -0.790. The fourth-order valence-electron chi connectivity index (χ4n) is 3.34. The van der Waals surface area contributed by atoms with Gasteiger partial charge in [0.1, 0.15) is 5.01 Å². The van der Waals surface area contributed by atoms with Gasteiger partial charge in [-0.05, 0) is 24.5 Å². The van der Waals surface area contributed by atoms with Crippen molar-refractivity contribution in [2.75, 3.05) is 11.4 Å². The number of hydrogen-bond donors (Lipinski definition) is 2. The molecule has 8 heteroatoms. The number of aliphatic carboxylic acids is 1. The predicted octanol–water partition coefficient (Wildman–Crippen LogP) is 4.53. The monoisotopic (exact) mass is 466 g/mol. The number of nitrogens with zero attached hydrogens (tertiary/aromatic N) is 3. The number of carbonyl (C=O) groups excluding carboxylic acids is 1. The lowest BCUT2D eigenvalue weighted by Gasteiger charge is -2.19. The Kier molecular flexibility index (Phi) is 9.09. The number of nitrogens with one attached hydrogen (secondary N) is 1. The SMILES string of the molecule is CCCCN(C(=O)Cc1ccccc1)c1nnc(-c2ccc(CNC(C)CC(=O)O)cc2)s1. The number of carboxylic acid groups (broad SMARTS) is 1. The van der Waals surface area contributed by atoms with Gasteiger partial charge in [-0.2, -0.15) is 0 Å². The first-order valence-corrected chi connectivity index (χ1v) is 12.0. The van der Waals surface area contributed by atoms with Crippen LogP contribution in [0.4, 0.5) is 5.13 Å². The average Bonchev–Trinajstić information content (AvgIpc) is 3.28. The number of unbranched alkanes of at least 4 members (excludes halogenated alkanes) is 1. The van der Waals surface area contributed by atoms with Crippen LogP contribution in [0.25, 0.3) is 10.6 Å². The lowest BCUT2D eigenvalue weighted by Crippen LogP contribution is -2.33. The smallest absolute Gasteiger partial charge is 0.304 e. The number of amides is 1. The maximum absolute atomic E-state index is 13.0. The van der Waals surface area contributed by atoms with Gasteiger partial charge in [0.2, 0.25) is 11.0 Å². The molecule has 0 radical (unpaired) electrons. The summed E-state index contributed by atoms with van der Waals surface area (Å²) in [7, 11) is 0. The first kappa shape index (κ1) is 24.5. The summed E-state index contributed by atoms with van der Waals surface area (Å²) in [6.07, 6.45) is 2.31. The quantitative estimate of drug-likeness (QED) is 0.407. The molecule has 1 atom stereocenters. The molecular formula is C25H30N4O3S. The maximum Gasteiger partial charge on any atom is 0.304 e. The molecule has 7 nitrogen and oxygen atoms in total. The van der Waals surface area contributed by atoms with Gasteiger partial charge in [-0.15, -0.1) is 10.2 Å². The number of anilines is 1. The van der Waals surface area contributed by atoms with Crippen molar-refractivity contribution >= 4 is 28.3 Å². The molecule has 0 saturated carbocycles. The summed E-state index contributed by atoms with van der Waals surface area (Å²) < 4.78 is 0. The molecule has 2 aromatic carbocycles. The molecular weight excluding hydrogens is 436 g/mol. The molecule has 3 aromatic rings. The summed E-state index contributed by atoms with van der Waals surface area (Å²) >= 11 is 1.42. The van der Waals surface area contributed by atoms with Gasteiger partial charge in [-0.3, -0.25) is 14.5 Å². The highest BCUT2D eigenvalue weighted by molar-refractivity contribution is 7.18. The minimum absolute atomic E-state index is 0.0225. The van der Waals surface area contributed by atoms with E-state index in [-0.39, 0.29) is 18.4 Å². The van der Waals surface area contributed by atoms with Gasteiger partial charge in [-0.25, -0.2) is 0 Å². The van der Waals surface area contributed by atoms with Crippen molar-refractivity contribution in [2.24, 2.45) is 0 Å². The van der Waals surface area contributed by atoms with Crippen LogP contribution in [0.15, 0.2) is 54.6 Å². The van der Waals surface area contributed by atoms with E-state index in [0.29, 0.717) is 24.6 Å². The first-order chi connectivity index (χ1) is 16.0. The fraction of sp³-hybridized carbons (Fsp3) is 0.360. The molecule has 0 spiro atoms. The Morgan fingerprint density at radius 1 is 1.06 bits per heavy atom. The Balaban J connectivity index is 1.67. The molecule has 0 saturated heterocycles. The number of carboxylic acids is 1. The van der Waals surface area contributed by atoms with Crippen LogP contribution in [0, 0.1) is 0 Å². The fourth-order valence-corrected chi connectivity index (χ4v) is 4.24. The average molecular weight is 467 g/mol. The Hall–Kier alpha value is -3.10. The number of aromatic nitrogens is 2. The van der Waals surface area contributed by atoms with Crippen molar-refractivity contribution in [3.05, 3.63) is 65.7 Å². The van der Waals surface area contributed by atoms with Crippen LogP contribution in [0.3, 0.4) is 0 Å². The molecule has 0 aliphatic rings. The van der Waals surface area contributed by atoms with Gasteiger partial charge in [-0.1, -0.05) is 79.3 Å². The molecule has 3 rings (SSSR count). The molecule has 2 N–H and O–H groups in total. The number of benzene rings is 2. The van der Waals surface area contributed by atoms with E-state index < -0.39 is 5.97 Å². The molecule has 0 aliphatic carbocycles. The first-order valence-electron chi connectivity index (χ1n) is 11.2. The van der Waals surface area contributed by atoms with Crippen LogP contribution in [0.5, 0.6) is 0 Å². The minimum Gasteiger partial charge on any atom is -0.481 e. The van der Waals surface area contributed by atoms with Crippen molar-refractivity contribution in [2.45, 2.75) is 52.1 Å². The van der Waals surface area contributed by atoms with E-state index >= 15 is 0 Å². The lowest BCUT2D eigenvalue weighted by molar-refractivity contribution is -0.137. The third-order valence-corrected chi connectivity index (χ3v) is 6.21. The molecule has 33 heavy (non-hydrogen) atoms. The predicted molar refractivity (Wildman–Crippen MR) is 131 cm³/mol. The van der Waals surface area contributed by atoms with Gasteiger partial charge in [0.25, 0.3) is 0 Å². The maximum atomic E-state index is 13.0. The van der Waals surface area contributed by atoms with E-state index in [4.69, 9.17) is 5.11 Å². The van der Waals surface area contributed by atoms with E-state index in [1.165, 1.54) is 11.3 Å². The summed E-state index contributed by atoms with van der Waals surface area (Å²) in [4.78, 5) is 25.6. The highest BCUT2D eigenvalue weighted by Crippen LogP contribution is 2.29. The molecule has 0 aliphatic heterocycles. The standard InChI is InChI=1S/C25H30N4O3S/c1-3-4-14-29(22(30)16-19-8-6-5-7-9-19)25-28-27-24(33-25)21-12-10-20(11-13-21)17-26-18(2)15-23(31)32/h5-13,18,26H,3-4,14-17H2,1-2H3,(H,31,32). The number of carbonyl (C=O) groups is 2. The Bertz CT molecular complexity index is 1040. The Morgan fingerprint density at radius 2 is 1.79 bits per heavy atom. The minimum atomic E-state index is -0.812. The van der Waals surface area contributed by atoms with Gasteiger partial charge in [0.15, 0.2) is 0 Å². The molecule has 0 bridgehead atoms. The van der Waals surface area contributed by atoms with Crippen molar-refractivity contribution in [1.29, 1.82) is 0 Å². The van der Waals surface area contributed by atoms with Gasteiger partial charge in [0, 0.05) is 24.7 Å². The van der Waals surface area contributed by atoms with Crippen molar-refractivity contribution in [3.63, 3.8) is 0 Å². The lowest BCUT2D eigenvalue weighted by atomic mass is 10.1. The van der Waals surface area contributed by atoms with Gasteiger partial charge < -0.3 is 10.4 Å². The van der Waals surface area contributed by atoms with E-state index in [2.05, 4.69) is 22.4 Å². The zero-order chi connectivity index (χ0) is 23.6. The zero-order valence-corrected chi connectivity index (χ0v) is 19.8. The molecule has 0 fully saturated rings. The van der Waals surface area contributed by atoms with E-state index in [0.717, 1.165) is 34.5 Å². The summed E-state index contributed by atoms with van der Waals surface area (Å²) in [6.45, 7) is 5.17. The third kappa shape index (κ3) is 7.47. The van der Waals surface area contributed by atoms with Crippen LogP contribution in [0.2, 0.25) is 0 Å². The van der Waals surface area contributed by atoms with Crippen LogP contribution in [0.1, 0.15) is 44.2 Å². The van der Waals surface area contributed by atoms with E-state index in [1.54, 1.807) is 4.90 Å². The second-order valence-electron chi connectivity index (χ2n) is 8.03. The van der Waals surface area contributed by atoms with Crippen LogP contribution >= 0.6 is 11.3 Å². The topological polar surface area (TPSA) is 95.4 Å². The molecule has 1 unspecified atom stereocenters. The highest BCUT2D eigenvalue weighted by Gasteiger charge is 2.20. The van der Waals surface area contributed by atoms with Crippen molar-refractivity contribution in [1.82, 2.24) is 15.5 Å². The third-order valence-electron chi connectivity index (χ3n) is 5.22. The van der Waals surface area contributed by atoms with E-state index in [1.807, 2.05) is 61.5 Å². The molecule has 1 heterocycles. The highest BCUT2D eigenvalue weighted by atomic mass is 32.1. The zero-order valence-electron chi connectivity index (χ0n) is 19.0. The molecule has 1 aromatic heterocycles. The van der Waals surface area contributed by atoms with Crippen molar-refractivity contribution in [3.8, 4) is 10.6 Å². The summed E-state index contributed by atoms with van der Waals surface area (Å²) in [6, 6.07) is 17.6.